The Labute approximate surface area is 89.9 Å². The van der Waals surface area contributed by atoms with Crippen LogP contribution in [0.15, 0.2) is 47.3 Å². The lowest BCUT2D eigenvalue weighted by atomic mass is 10.3. The van der Waals surface area contributed by atoms with Gasteiger partial charge in [-0.15, -0.1) is 0 Å². The van der Waals surface area contributed by atoms with Crippen LogP contribution in [0.3, 0.4) is 0 Å². The fourth-order valence-electron chi connectivity index (χ4n) is 0.990. The van der Waals surface area contributed by atoms with Crippen molar-refractivity contribution in [1.82, 2.24) is 9.97 Å². The summed E-state index contributed by atoms with van der Waals surface area (Å²) in [4.78, 5) is 7.76. The fraction of sp³-hybridized carbons (Fsp3) is 0. The Morgan fingerprint density at radius 1 is 1.21 bits per heavy atom. The topological polar surface area (TPSA) is 35.0 Å². The Hall–Kier alpha value is -1.42. The van der Waals surface area contributed by atoms with E-state index in [1.807, 2.05) is 24.3 Å². The summed E-state index contributed by atoms with van der Waals surface area (Å²) in [6.07, 6.45) is 3.09. The van der Waals surface area contributed by atoms with Crippen LogP contribution in [0.4, 0.5) is 0 Å². The zero-order valence-electron chi connectivity index (χ0n) is 7.22. The van der Waals surface area contributed by atoms with E-state index in [-0.39, 0.29) is 0 Å². The Morgan fingerprint density at radius 3 is 2.86 bits per heavy atom. The molecule has 0 spiro atoms. The van der Waals surface area contributed by atoms with Crippen LogP contribution in [0.1, 0.15) is 0 Å². The highest BCUT2D eigenvalue weighted by atomic mass is 79.9. The molecular formula is C10H7BrN2O. The predicted molar refractivity (Wildman–Crippen MR) is 56.2 cm³/mol. The maximum Gasteiger partial charge on any atom is 0.222 e. The van der Waals surface area contributed by atoms with Gasteiger partial charge in [0.05, 0.1) is 0 Å². The van der Waals surface area contributed by atoms with Crippen LogP contribution in [0.5, 0.6) is 11.6 Å². The van der Waals surface area contributed by atoms with E-state index in [9.17, 15) is 0 Å². The lowest BCUT2D eigenvalue weighted by Crippen LogP contribution is -1.87. The third-order valence-electron chi connectivity index (χ3n) is 1.57. The van der Waals surface area contributed by atoms with Crippen LogP contribution in [-0.4, -0.2) is 9.97 Å². The number of aromatic nitrogens is 2. The van der Waals surface area contributed by atoms with E-state index >= 15 is 0 Å². The van der Waals surface area contributed by atoms with E-state index in [0.29, 0.717) is 5.88 Å². The summed E-state index contributed by atoms with van der Waals surface area (Å²) in [6, 6.07) is 9.29. The standard InChI is InChI=1S/C10H7BrN2O/c11-8-2-1-3-9(6-8)14-10-4-5-12-7-13-10/h1-7H. The molecule has 1 heterocycles. The first-order valence-electron chi connectivity index (χ1n) is 4.04. The van der Waals surface area contributed by atoms with Crippen molar-refractivity contribution in [1.29, 1.82) is 0 Å². The van der Waals surface area contributed by atoms with E-state index in [1.165, 1.54) is 6.33 Å². The third kappa shape index (κ3) is 2.29. The lowest BCUT2D eigenvalue weighted by Gasteiger charge is -2.03. The van der Waals surface area contributed by atoms with Crippen molar-refractivity contribution in [3.05, 3.63) is 47.3 Å². The maximum absolute atomic E-state index is 5.48. The zero-order chi connectivity index (χ0) is 9.80. The van der Waals surface area contributed by atoms with Gasteiger partial charge in [0, 0.05) is 16.7 Å². The maximum atomic E-state index is 5.48. The van der Waals surface area contributed by atoms with Gasteiger partial charge in [0.15, 0.2) is 0 Å². The smallest absolute Gasteiger partial charge is 0.222 e. The summed E-state index contributed by atoms with van der Waals surface area (Å²) < 4.78 is 6.45. The van der Waals surface area contributed by atoms with Crippen molar-refractivity contribution in [2.75, 3.05) is 0 Å². The van der Waals surface area contributed by atoms with Gasteiger partial charge in [-0.2, -0.15) is 0 Å². The van der Waals surface area contributed by atoms with Gasteiger partial charge in [0.25, 0.3) is 0 Å². The normalized spacial score (nSPS) is 9.79. The molecule has 0 saturated carbocycles. The van der Waals surface area contributed by atoms with E-state index in [2.05, 4.69) is 25.9 Å². The lowest BCUT2D eigenvalue weighted by molar-refractivity contribution is 0.461. The fourth-order valence-corrected chi connectivity index (χ4v) is 1.37. The minimum Gasteiger partial charge on any atom is -0.439 e. The molecule has 0 radical (unpaired) electrons. The first-order valence-corrected chi connectivity index (χ1v) is 4.83. The molecule has 0 saturated heterocycles. The van der Waals surface area contributed by atoms with Crippen LogP contribution in [0.2, 0.25) is 0 Å². The summed E-state index contributed by atoms with van der Waals surface area (Å²) in [7, 11) is 0. The monoisotopic (exact) mass is 250 g/mol. The van der Waals surface area contributed by atoms with Crippen LogP contribution in [0.25, 0.3) is 0 Å². The molecule has 0 N–H and O–H groups in total. The van der Waals surface area contributed by atoms with Gasteiger partial charge < -0.3 is 4.74 Å². The molecule has 0 aliphatic carbocycles. The summed E-state index contributed by atoms with van der Waals surface area (Å²) in [6.45, 7) is 0. The molecule has 0 bridgehead atoms. The van der Waals surface area contributed by atoms with Gasteiger partial charge >= 0.3 is 0 Å². The highest BCUT2D eigenvalue weighted by molar-refractivity contribution is 9.10. The van der Waals surface area contributed by atoms with Gasteiger partial charge in [-0.3, -0.25) is 0 Å². The van der Waals surface area contributed by atoms with Crippen molar-refractivity contribution in [3.8, 4) is 11.6 Å². The quantitative estimate of drug-likeness (QED) is 0.822. The van der Waals surface area contributed by atoms with Crippen molar-refractivity contribution < 1.29 is 4.74 Å². The molecular weight excluding hydrogens is 244 g/mol. The summed E-state index contributed by atoms with van der Waals surface area (Å²) in [5, 5.41) is 0. The molecule has 0 aliphatic heterocycles. The first-order chi connectivity index (χ1) is 6.84. The summed E-state index contributed by atoms with van der Waals surface area (Å²) >= 11 is 3.36. The summed E-state index contributed by atoms with van der Waals surface area (Å²) in [5.74, 6) is 1.29. The van der Waals surface area contributed by atoms with Crippen molar-refractivity contribution in [3.63, 3.8) is 0 Å². The Balaban J connectivity index is 2.19. The molecule has 0 amide bonds. The molecule has 4 heteroatoms. The van der Waals surface area contributed by atoms with Gasteiger partial charge in [0.1, 0.15) is 12.1 Å². The van der Waals surface area contributed by atoms with Gasteiger partial charge in [-0.1, -0.05) is 22.0 Å². The molecule has 0 fully saturated rings. The number of halogens is 1. The van der Waals surface area contributed by atoms with Crippen LogP contribution < -0.4 is 4.74 Å². The molecule has 0 aliphatic rings. The minimum atomic E-state index is 0.540. The molecule has 0 atom stereocenters. The Bertz CT molecular complexity index is 419. The Morgan fingerprint density at radius 2 is 2.14 bits per heavy atom. The van der Waals surface area contributed by atoms with Gasteiger partial charge in [-0.25, -0.2) is 9.97 Å². The van der Waals surface area contributed by atoms with Gasteiger partial charge in [0.2, 0.25) is 5.88 Å². The van der Waals surface area contributed by atoms with Crippen molar-refractivity contribution in [2.24, 2.45) is 0 Å². The number of hydrogen-bond acceptors (Lipinski definition) is 3. The highest BCUT2D eigenvalue weighted by Gasteiger charge is 1.97. The van der Waals surface area contributed by atoms with E-state index in [1.54, 1.807) is 12.3 Å². The number of benzene rings is 1. The van der Waals surface area contributed by atoms with Gasteiger partial charge in [-0.05, 0) is 18.2 Å². The second-order valence-electron chi connectivity index (χ2n) is 2.61. The molecule has 70 valence electrons. The second-order valence-corrected chi connectivity index (χ2v) is 3.52. The largest absolute Gasteiger partial charge is 0.439 e. The van der Waals surface area contributed by atoms with Crippen LogP contribution >= 0.6 is 15.9 Å². The summed E-state index contributed by atoms with van der Waals surface area (Å²) in [5.41, 5.74) is 0. The van der Waals surface area contributed by atoms with Crippen molar-refractivity contribution in [2.45, 2.75) is 0 Å². The molecule has 2 aromatic rings. The molecule has 2 rings (SSSR count). The molecule has 3 nitrogen and oxygen atoms in total. The molecule has 1 aromatic heterocycles. The third-order valence-corrected chi connectivity index (χ3v) is 2.07. The zero-order valence-corrected chi connectivity index (χ0v) is 8.81. The second kappa shape index (κ2) is 4.19. The van der Waals surface area contributed by atoms with Crippen LogP contribution in [-0.2, 0) is 0 Å². The number of rotatable bonds is 2. The molecule has 14 heavy (non-hydrogen) atoms. The minimum absolute atomic E-state index is 0.540. The molecule has 0 unspecified atom stereocenters. The first kappa shape index (κ1) is 9.15. The highest BCUT2D eigenvalue weighted by Crippen LogP contribution is 2.22. The average molecular weight is 251 g/mol. The number of ether oxygens (including phenoxy) is 1. The number of nitrogens with zero attached hydrogens (tertiary/aromatic N) is 2. The molecule has 1 aromatic carbocycles. The van der Waals surface area contributed by atoms with E-state index < -0.39 is 0 Å². The van der Waals surface area contributed by atoms with Crippen molar-refractivity contribution >= 4 is 15.9 Å². The SMILES string of the molecule is Brc1cccc(Oc2ccncn2)c1. The van der Waals surface area contributed by atoms with Crippen LogP contribution in [0, 0.1) is 0 Å². The average Bonchev–Trinajstić information content (AvgIpc) is 2.19. The predicted octanol–water partition coefficient (Wildman–Crippen LogP) is 3.03. The van der Waals surface area contributed by atoms with E-state index in [4.69, 9.17) is 4.74 Å². The Kier molecular flexibility index (Phi) is 2.74. The number of hydrogen-bond donors (Lipinski definition) is 0. The van der Waals surface area contributed by atoms with E-state index in [0.717, 1.165) is 10.2 Å².